The highest BCUT2D eigenvalue weighted by Gasteiger charge is 2.14. The summed E-state index contributed by atoms with van der Waals surface area (Å²) >= 11 is 0. The van der Waals surface area contributed by atoms with Gasteiger partial charge in [0.05, 0.1) is 17.6 Å². The van der Waals surface area contributed by atoms with E-state index in [4.69, 9.17) is 4.74 Å². The van der Waals surface area contributed by atoms with Crippen LogP contribution in [0.15, 0.2) is 59.4 Å². The SMILES string of the molecule is Cc1nnc2n(CCOc3ccccc3)c3ccccc3n2c1=O. The van der Waals surface area contributed by atoms with Gasteiger partial charge in [0.1, 0.15) is 18.1 Å². The summed E-state index contributed by atoms with van der Waals surface area (Å²) in [6, 6.07) is 17.4. The van der Waals surface area contributed by atoms with E-state index in [1.165, 1.54) is 0 Å². The van der Waals surface area contributed by atoms with Crippen LogP contribution in [0.3, 0.4) is 0 Å². The zero-order valence-electron chi connectivity index (χ0n) is 13.2. The van der Waals surface area contributed by atoms with Gasteiger partial charge in [0.2, 0.25) is 5.78 Å². The summed E-state index contributed by atoms with van der Waals surface area (Å²) in [4.78, 5) is 12.5. The fraction of sp³-hybridized carbons (Fsp3) is 0.167. The third-order valence-corrected chi connectivity index (χ3v) is 3.98. The summed E-state index contributed by atoms with van der Waals surface area (Å²) in [5.74, 6) is 1.35. The van der Waals surface area contributed by atoms with Gasteiger partial charge in [-0.2, -0.15) is 0 Å². The summed E-state index contributed by atoms with van der Waals surface area (Å²) in [7, 11) is 0. The second-order valence-corrected chi connectivity index (χ2v) is 5.53. The Kier molecular flexibility index (Phi) is 3.49. The molecule has 6 nitrogen and oxygen atoms in total. The van der Waals surface area contributed by atoms with Crippen LogP contribution in [0.25, 0.3) is 16.8 Å². The maximum absolute atomic E-state index is 12.5. The maximum Gasteiger partial charge on any atom is 0.281 e. The number of para-hydroxylation sites is 3. The van der Waals surface area contributed by atoms with Gasteiger partial charge in [-0.05, 0) is 31.2 Å². The van der Waals surface area contributed by atoms with Crippen molar-refractivity contribution in [1.82, 2.24) is 19.2 Å². The lowest BCUT2D eigenvalue weighted by atomic mass is 10.3. The zero-order valence-corrected chi connectivity index (χ0v) is 13.2. The monoisotopic (exact) mass is 320 g/mol. The second-order valence-electron chi connectivity index (χ2n) is 5.53. The topological polar surface area (TPSA) is 61.4 Å². The Morgan fingerprint density at radius 1 is 0.958 bits per heavy atom. The zero-order chi connectivity index (χ0) is 16.5. The number of rotatable bonds is 4. The molecule has 4 rings (SSSR count). The highest BCUT2D eigenvalue weighted by Crippen LogP contribution is 2.18. The van der Waals surface area contributed by atoms with Crippen molar-refractivity contribution in [3.63, 3.8) is 0 Å². The molecule has 2 aromatic carbocycles. The summed E-state index contributed by atoms with van der Waals surface area (Å²) in [6.45, 7) is 2.72. The number of aryl methyl sites for hydroxylation is 1. The van der Waals surface area contributed by atoms with Gasteiger partial charge in [-0.1, -0.05) is 30.3 Å². The van der Waals surface area contributed by atoms with E-state index >= 15 is 0 Å². The third-order valence-electron chi connectivity index (χ3n) is 3.98. The first-order valence-corrected chi connectivity index (χ1v) is 7.77. The number of fused-ring (bicyclic) bond motifs is 3. The Balaban J connectivity index is 1.76. The molecule has 0 saturated carbocycles. The second kappa shape index (κ2) is 5.81. The lowest BCUT2D eigenvalue weighted by molar-refractivity contribution is 0.301. The molecule has 0 radical (unpaired) electrons. The minimum atomic E-state index is -0.140. The van der Waals surface area contributed by atoms with Crippen molar-refractivity contribution in [1.29, 1.82) is 0 Å². The molecule has 0 unspecified atom stereocenters. The Labute approximate surface area is 137 Å². The fourth-order valence-corrected chi connectivity index (χ4v) is 2.83. The number of benzene rings is 2. The highest BCUT2D eigenvalue weighted by molar-refractivity contribution is 5.80. The normalized spacial score (nSPS) is 11.2. The van der Waals surface area contributed by atoms with E-state index in [2.05, 4.69) is 10.2 Å². The van der Waals surface area contributed by atoms with E-state index in [0.29, 0.717) is 24.6 Å². The summed E-state index contributed by atoms with van der Waals surface area (Å²) in [5.41, 5.74) is 2.01. The predicted molar refractivity (Wildman–Crippen MR) is 91.4 cm³/mol. The molecule has 4 aromatic rings. The molecule has 6 heteroatoms. The van der Waals surface area contributed by atoms with Crippen LogP contribution >= 0.6 is 0 Å². The molecule has 120 valence electrons. The van der Waals surface area contributed by atoms with Gasteiger partial charge in [-0.3, -0.25) is 4.79 Å². The van der Waals surface area contributed by atoms with Crippen LogP contribution in [0, 0.1) is 6.92 Å². The van der Waals surface area contributed by atoms with Crippen LogP contribution < -0.4 is 10.3 Å². The van der Waals surface area contributed by atoms with E-state index in [1.807, 2.05) is 59.2 Å². The molecule has 0 fully saturated rings. The molecule has 24 heavy (non-hydrogen) atoms. The van der Waals surface area contributed by atoms with Crippen LogP contribution in [0.5, 0.6) is 5.75 Å². The van der Waals surface area contributed by atoms with Crippen molar-refractivity contribution in [2.45, 2.75) is 13.5 Å². The standard InChI is InChI=1S/C18H16N4O2/c1-13-17(23)22-16-10-6-5-9-15(16)21(18(22)20-19-13)11-12-24-14-7-3-2-4-8-14/h2-10H,11-12H2,1H3. The molecular formula is C18H16N4O2. The minimum absolute atomic E-state index is 0.140. The van der Waals surface area contributed by atoms with E-state index in [9.17, 15) is 4.79 Å². The molecular weight excluding hydrogens is 304 g/mol. The number of imidazole rings is 1. The first-order valence-electron chi connectivity index (χ1n) is 7.77. The van der Waals surface area contributed by atoms with Gasteiger partial charge in [0.25, 0.3) is 5.56 Å². The minimum Gasteiger partial charge on any atom is -0.492 e. The smallest absolute Gasteiger partial charge is 0.281 e. The third kappa shape index (κ3) is 2.32. The van der Waals surface area contributed by atoms with Crippen molar-refractivity contribution >= 4 is 16.8 Å². The van der Waals surface area contributed by atoms with Gasteiger partial charge in [-0.25, -0.2) is 4.40 Å². The molecule has 2 aromatic heterocycles. The van der Waals surface area contributed by atoms with Crippen LogP contribution in [0.2, 0.25) is 0 Å². The largest absolute Gasteiger partial charge is 0.492 e. The Hall–Kier alpha value is -3.15. The summed E-state index contributed by atoms with van der Waals surface area (Å²) < 4.78 is 9.35. The van der Waals surface area contributed by atoms with E-state index in [-0.39, 0.29) is 5.56 Å². The van der Waals surface area contributed by atoms with Crippen LogP contribution in [-0.2, 0) is 6.54 Å². The maximum atomic E-state index is 12.5. The average Bonchev–Trinajstić information content (AvgIpc) is 2.94. The molecule has 0 saturated heterocycles. The highest BCUT2D eigenvalue weighted by atomic mass is 16.5. The molecule has 0 spiro atoms. The number of aromatic nitrogens is 4. The van der Waals surface area contributed by atoms with Gasteiger partial charge >= 0.3 is 0 Å². The molecule has 0 aliphatic rings. The van der Waals surface area contributed by atoms with Crippen LogP contribution in [0.4, 0.5) is 0 Å². The lowest BCUT2D eigenvalue weighted by Crippen LogP contribution is -2.20. The van der Waals surface area contributed by atoms with E-state index < -0.39 is 0 Å². The van der Waals surface area contributed by atoms with E-state index in [1.54, 1.807) is 11.3 Å². The Morgan fingerprint density at radius 2 is 1.67 bits per heavy atom. The number of ether oxygens (including phenoxy) is 1. The van der Waals surface area contributed by atoms with Crippen LogP contribution in [0.1, 0.15) is 5.69 Å². The first-order chi connectivity index (χ1) is 11.8. The molecule has 0 aliphatic heterocycles. The van der Waals surface area contributed by atoms with Gasteiger partial charge < -0.3 is 9.30 Å². The van der Waals surface area contributed by atoms with Crippen molar-refractivity contribution in [2.24, 2.45) is 0 Å². The first kappa shape index (κ1) is 14.4. The molecule has 0 amide bonds. The van der Waals surface area contributed by atoms with E-state index in [0.717, 1.165) is 16.8 Å². The fourth-order valence-electron chi connectivity index (χ4n) is 2.83. The Morgan fingerprint density at radius 3 is 2.46 bits per heavy atom. The van der Waals surface area contributed by atoms with Crippen LogP contribution in [-0.4, -0.2) is 25.8 Å². The van der Waals surface area contributed by atoms with Crippen molar-refractivity contribution in [3.05, 3.63) is 70.6 Å². The molecule has 0 bridgehead atoms. The predicted octanol–water partition coefficient (Wildman–Crippen LogP) is 2.43. The molecule has 0 atom stereocenters. The van der Waals surface area contributed by atoms with Gasteiger partial charge in [-0.15, -0.1) is 10.2 Å². The van der Waals surface area contributed by atoms with Crippen molar-refractivity contribution < 1.29 is 4.74 Å². The van der Waals surface area contributed by atoms with Gasteiger partial charge in [0, 0.05) is 0 Å². The van der Waals surface area contributed by atoms with Crippen molar-refractivity contribution in [3.8, 4) is 5.75 Å². The number of hydrogen-bond acceptors (Lipinski definition) is 4. The number of nitrogens with zero attached hydrogens (tertiary/aromatic N) is 4. The molecule has 0 aliphatic carbocycles. The molecule has 2 heterocycles. The summed E-state index contributed by atoms with van der Waals surface area (Å²) in [6.07, 6.45) is 0. The van der Waals surface area contributed by atoms with Crippen molar-refractivity contribution in [2.75, 3.05) is 6.61 Å². The molecule has 0 N–H and O–H groups in total. The van der Waals surface area contributed by atoms with Gasteiger partial charge in [0.15, 0.2) is 0 Å². The quantitative estimate of drug-likeness (QED) is 0.579. The number of hydrogen-bond donors (Lipinski definition) is 0. The Bertz CT molecular complexity index is 1070. The average molecular weight is 320 g/mol. The lowest BCUT2D eigenvalue weighted by Gasteiger charge is -2.08. The summed E-state index contributed by atoms with van der Waals surface area (Å²) in [5, 5.41) is 8.21.